The van der Waals surface area contributed by atoms with Crippen LogP contribution in [0.25, 0.3) is 0 Å². The van der Waals surface area contributed by atoms with Crippen LogP contribution < -0.4 is 5.32 Å². The molecule has 1 aliphatic rings. The molecule has 0 atom stereocenters. The zero-order valence-corrected chi connectivity index (χ0v) is 7.58. The minimum absolute atomic E-state index is 0.550. The zero-order valence-electron chi connectivity index (χ0n) is 7.58. The Bertz CT molecular complexity index is 333. The van der Waals surface area contributed by atoms with Crippen molar-refractivity contribution in [3.63, 3.8) is 0 Å². The summed E-state index contributed by atoms with van der Waals surface area (Å²) in [4.78, 5) is 4.34. The van der Waals surface area contributed by atoms with E-state index in [1.54, 1.807) is 7.11 Å². The lowest BCUT2D eigenvalue weighted by molar-refractivity contribution is 0.245. The molecule has 2 rings (SSSR count). The molecule has 1 aromatic carbocycles. The first-order valence-corrected chi connectivity index (χ1v) is 4.27. The number of aliphatic imine (C=N–C) groups is 1. The van der Waals surface area contributed by atoms with E-state index in [1.165, 1.54) is 5.56 Å². The molecular formula is C10H12N2O. The molecule has 1 N–H and O–H groups in total. The van der Waals surface area contributed by atoms with Crippen molar-refractivity contribution in [3.05, 3.63) is 29.8 Å². The highest BCUT2D eigenvalue weighted by Gasteiger charge is 2.09. The van der Waals surface area contributed by atoms with Crippen molar-refractivity contribution in [3.8, 4) is 0 Å². The van der Waals surface area contributed by atoms with Crippen molar-refractivity contribution in [2.75, 3.05) is 19.0 Å². The first kappa shape index (κ1) is 8.26. The van der Waals surface area contributed by atoms with Crippen molar-refractivity contribution in [1.29, 1.82) is 0 Å². The molecule has 0 saturated carbocycles. The Balaban J connectivity index is 2.18. The molecule has 3 heteroatoms. The topological polar surface area (TPSA) is 33.6 Å². The molecular weight excluding hydrogens is 164 g/mol. The number of nitrogens with one attached hydrogen (secondary N) is 1. The van der Waals surface area contributed by atoms with Gasteiger partial charge in [-0.3, -0.25) is 4.99 Å². The van der Waals surface area contributed by atoms with Gasteiger partial charge in [0.15, 0.2) is 0 Å². The predicted molar refractivity (Wildman–Crippen MR) is 53.1 cm³/mol. The lowest BCUT2D eigenvalue weighted by atomic mass is 10.1. The number of anilines is 1. The summed E-state index contributed by atoms with van der Waals surface area (Å²) in [5.41, 5.74) is 2.38. The fourth-order valence-corrected chi connectivity index (χ4v) is 1.37. The smallest absolute Gasteiger partial charge is 0.127 e. The number of rotatable bonds is 2. The summed E-state index contributed by atoms with van der Waals surface area (Å²) < 4.78 is 5.00. The van der Waals surface area contributed by atoms with E-state index >= 15 is 0 Å². The normalized spacial score (nSPS) is 14.4. The first-order chi connectivity index (χ1) is 6.40. The lowest BCUT2D eigenvalue weighted by Crippen LogP contribution is -2.22. The van der Waals surface area contributed by atoms with Gasteiger partial charge in [0.05, 0.1) is 6.54 Å². The summed E-state index contributed by atoms with van der Waals surface area (Å²) in [5, 5.41) is 3.22. The largest absolute Gasteiger partial charge is 0.377 e. The monoisotopic (exact) mass is 176 g/mol. The van der Waals surface area contributed by atoms with Crippen molar-refractivity contribution in [2.24, 2.45) is 4.99 Å². The Morgan fingerprint density at radius 3 is 3.15 bits per heavy atom. The number of amidine groups is 1. The summed E-state index contributed by atoms with van der Waals surface area (Å²) >= 11 is 0. The molecule has 0 radical (unpaired) electrons. The molecule has 68 valence electrons. The van der Waals surface area contributed by atoms with Crippen LogP contribution in [0.5, 0.6) is 0 Å². The van der Waals surface area contributed by atoms with E-state index < -0.39 is 0 Å². The van der Waals surface area contributed by atoms with E-state index in [1.807, 2.05) is 12.1 Å². The SMILES string of the molecule is COCC1=NCc2ccccc2N1. The number of benzene rings is 1. The number of fused-ring (bicyclic) bond motifs is 1. The van der Waals surface area contributed by atoms with Crippen LogP contribution in [0, 0.1) is 0 Å². The second-order valence-electron chi connectivity index (χ2n) is 2.98. The Morgan fingerprint density at radius 1 is 1.46 bits per heavy atom. The van der Waals surface area contributed by atoms with Gasteiger partial charge in [0.2, 0.25) is 0 Å². The first-order valence-electron chi connectivity index (χ1n) is 4.27. The third kappa shape index (κ3) is 1.70. The molecule has 3 nitrogen and oxygen atoms in total. The van der Waals surface area contributed by atoms with Crippen molar-refractivity contribution >= 4 is 11.5 Å². The van der Waals surface area contributed by atoms with Crippen LogP contribution in [-0.4, -0.2) is 19.6 Å². The second kappa shape index (κ2) is 3.58. The van der Waals surface area contributed by atoms with E-state index in [0.29, 0.717) is 6.61 Å². The van der Waals surface area contributed by atoms with Crippen LogP contribution in [0.3, 0.4) is 0 Å². The number of hydrogen-bond donors (Lipinski definition) is 1. The fourth-order valence-electron chi connectivity index (χ4n) is 1.37. The molecule has 1 aliphatic heterocycles. The zero-order chi connectivity index (χ0) is 9.10. The van der Waals surface area contributed by atoms with Crippen LogP contribution >= 0.6 is 0 Å². The fraction of sp³-hybridized carbons (Fsp3) is 0.300. The standard InChI is InChI=1S/C10H12N2O/c1-13-7-10-11-6-8-4-2-3-5-9(8)12-10/h2-5H,6-7H2,1H3,(H,11,12). The highest BCUT2D eigenvalue weighted by molar-refractivity contribution is 5.98. The molecule has 0 spiro atoms. The maximum Gasteiger partial charge on any atom is 0.127 e. The molecule has 0 unspecified atom stereocenters. The van der Waals surface area contributed by atoms with Crippen molar-refractivity contribution < 1.29 is 4.74 Å². The summed E-state index contributed by atoms with van der Waals surface area (Å²) in [7, 11) is 1.67. The Labute approximate surface area is 77.4 Å². The van der Waals surface area contributed by atoms with Gasteiger partial charge >= 0.3 is 0 Å². The highest BCUT2D eigenvalue weighted by Crippen LogP contribution is 2.19. The molecule has 0 amide bonds. The van der Waals surface area contributed by atoms with E-state index in [9.17, 15) is 0 Å². The van der Waals surface area contributed by atoms with Gasteiger partial charge in [0.1, 0.15) is 12.4 Å². The van der Waals surface area contributed by atoms with Crippen LogP contribution in [0.1, 0.15) is 5.56 Å². The number of hydrogen-bond acceptors (Lipinski definition) is 3. The van der Waals surface area contributed by atoms with Crippen LogP contribution in [0.4, 0.5) is 5.69 Å². The predicted octanol–water partition coefficient (Wildman–Crippen LogP) is 1.66. The quantitative estimate of drug-likeness (QED) is 0.743. The van der Waals surface area contributed by atoms with Crippen LogP contribution in [-0.2, 0) is 11.3 Å². The van der Waals surface area contributed by atoms with Gasteiger partial charge in [-0.25, -0.2) is 0 Å². The lowest BCUT2D eigenvalue weighted by Gasteiger charge is -2.17. The Kier molecular flexibility index (Phi) is 2.27. The molecule has 0 aliphatic carbocycles. The van der Waals surface area contributed by atoms with Crippen molar-refractivity contribution in [2.45, 2.75) is 6.54 Å². The molecule has 0 aromatic heterocycles. The van der Waals surface area contributed by atoms with E-state index in [4.69, 9.17) is 4.74 Å². The van der Waals surface area contributed by atoms with E-state index in [0.717, 1.165) is 18.1 Å². The summed E-state index contributed by atoms with van der Waals surface area (Å²) in [5.74, 6) is 0.904. The minimum Gasteiger partial charge on any atom is -0.377 e. The van der Waals surface area contributed by atoms with Gasteiger partial charge in [-0.05, 0) is 11.6 Å². The molecule has 1 heterocycles. The highest BCUT2D eigenvalue weighted by atomic mass is 16.5. The van der Waals surface area contributed by atoms with E-state index in [2.05, 4.69) is 22.4 Å². The van der Waals surface area contributed by atoms with Gasteiger partial charge in [-0.15, -0.1) is 0 Å². The third-order valence-electron chi connectivity index (χ3n) is 2.02. The average Bonchev–Trinajstić information content (AvgIpc) is 2.18. The number of ether oxygens (including phenoxy) is 1. The van der Waals surface area contributed by atoms with Gasteiger partial charge in [0, 0.05) is 12.8 Å². The van der Waals surface area contributed by atoms with Gasteiger partial charge < -0.3 is 10.1 Å². The van der Waals surface area contributed by atoms with Crippen LogP contribution in [0.15, 0.2) is 29.3 Å². The molecule has 1 aromatic rings. The van der Waals surface area contributed by atoms with Gasteiger partial charge in [0.25, 0.3) is 0 Å². The molecule has 0 fully saturated rings. The molecule has 13 heavy (non-hydrogen) atoms. The maximum absolute atomic E-state index is 5.00. The number of para-hydroxylation sites is 1. The minimum atomic E-state index is 0.550. The van der Waals surface area contributed by atoms with Gasteiger partial charge in [-0.2, -0.15) is 0 Å². The second-order valence-corrected chi connectivity index (χ2v) is 2.98. The Hall–Kier alpha value is -1.35. The summed E-state index contributed by atoms with van der Waals surface area (Å²) in [6.07, 6.45) is 0. The van der Waals surface area contributed by atoms with Crippen molar-refractivity contribution in [1.82, 2.24) is 0 Å². The summed E-state index contributed by atoms with van der Waals surface area (Å²) in [6.45, 7) is 1.30. The number of methoxy groups -OCH3 is 1. The van der Waals surface area contributed by atoms with Crippen LogP contribution in [0.2, 0.25) is 0 Å². The Morgan fingerprint density at radius 2 is 2.31 bits per heavy atom. The average molecular weight is 176 g/mol. The summed E-state index contributed by atoms with van der Waals surface area (Å²) in [6, 6.07) is 8.17. The molecule has 0 bridgehead atoms. The maximum atomic E-state index is 5.00. The molecule has 0 saturated heterocycles. The van der Waals surface area contributed by atoms with Gasteiger partial charge in [-0.1, -0.05) is 18.2 Å². The van der Waals surface area contributed by atoms with E-state index in [-0.39, 0.29) is 0 Å². The number of nitrogens with zero attached hydrogens (tertiary/aromatic N) is 1. The third-order valence-corrected chi connectivity index (χ3v) is 2.02.